The predicted molar refractivity (Wildman–Crippen MR) is 83.7 cm³/mol. The summed E-state index contributed by atoms with van der Waals surface area (Å²) in [5, 5.41) is 6.04. The molecule has 1 saturated carbocycles. The third-order valence-electron chi connectivity index (χ3n) is 4.73. The van der Waals surface area contributed by atoms with Crippen molar-refractivity contribution >= 4 is 6.03 Å². The van der Waals surface area contributed by atoms with Gasteiger partial charge in [0, 0.05) is 38.1 Å². The van der Waals surface area contributed by atoms with Crippen molar-refractivity contribution in [1.29, 1.82) is 0 Å². The van der Waals surface area contributed by atoms with E-state index in [0.29, 0.717) is 19.1 Å². The second-order valence-electron chi connectivity index (χ2n) is 6.07. The zero-order chi connectivity index (χ0) is 15.4. The van der Waals surface area contributed by atoms with Crippen LogP contribution in [0.15, 0.2) is 30.3 Å². The van der Waals surface area contributed by atoms with Gasteiger partial charge in [0.25, 0.3) is 0 Å². The van der Waals surface area contributed by atoms with Crippen LogP contribution in [0, 0.1) is 11.8 Å². The van der Waals surface area contributed by atoms with Crippen LogP contribution >= 0.6 is 0 Å². The van der Waals surface area contributed by atoms with Crippen LogP contribution in [0.5, 0.6) is 0 Å². The van der Waals surface area contributed by atoms with Crippen molar-refractivity contribution < 1.29 is 14.3 Å². The Labute approximate surface area is 131 Å². The van der Waals surface area contributed by atoms with Crippen molar-refractivity contribution in [3.05, 3.63) is 35.9 Å². The first-order valence-electron chi connectivity index (χ1n) is 7.98. The molecule has 4 atom stereocenters. The standard InChI is InChI=1S/C17H24N2O3/c1-21-11-14-15(13-8-10-22-16(13)14)19-17(20)18-9-7-12-5-3-2-4-6-12/h2-6,13-16H,7-11H2,1H3,(H2,18,19,20)/t13-,14+,15+,16-/m0/s1. The molecular formula is C17H24N2O3. The highest BCUT2D eigenvalue weighted by Gasteiger charge is 2.54. The van der Waals surface area contributed by atoms with Gasteiger partial charge in [-0.05, 0) is 18.4 Å². The summed E-state index contributed by atoms with van der Waals surface area (Å²) in [7, 11) is 1.69. The van der Waals surface area contributed by atoms with Gasteiger partial charge >= 0.3 is 6.03 Å². The first-order chi connectivity index (χ1) is 10.8. The summed E-state index contributed by atoms with van der Waals surface area (Å²) in [6.07, 6.45) is 2.13. The summed E-state index contributed by atoms with van der Waals surface area (Å²) in [6.45, 7) is 2.07. The maximum Gasteiger partial charge on any atom is 0.315 e. The van der Waals surface area contributed by atoms with Crippen molar-refractivity contribution in [3.63, 3.8) is 0 Å². The van der Waals surface area contributed by atoms with E-state index in [1.165, 1.54) is 5.56 Å². The first-order valence-corrected chi connectivity index (χ1v) is 7.98. The van der Waals surface area contributed by atoms with Crippen LogP contribution in [0.1, 0.15) is 12.0 Å². The van der Waals surface area contributed by atoms with E-state index in [1.807, 2.05) is 18.2 Å². The Hall–Kier alpha value is -1.59. The Morgan fingerprint density at radius 1 is 1.36 bits per heavy atom. The number of carbonyl (C=O) groups is 1. The van der Waals surface area contributed by atoms with E-state index >= 15 is 0 Å². The minimum atomic E-state index is -0.0904. The van der Waals surface area contributed by atoms with E-state index in [-0.39, 0.29) is 24.1 Å². The Kier molecular flexibility index (Phi) is 4.95. The van der Waals surface area contributed by atoms with Crippen LogP contribution in [0.3, 0.4) is 0 Å². The minimum absolute atomic E-state index is 0.0904. The topological polar surface area (TPSA) is 59.6 Å². The maximum atomic E-state index is 12.1. The van der Waals surface area contributed by atoms with Crippen LogP contribution in [-0.2, 0) is 15.9 Å². The summed E-state index contributed by atoms with van der Waals surface area (Å²) >= 11 is 0. The average Bonchev–Trinajstić information content (AvgIpc) is 2.96. The number of rotatable bonds is 6. The number of hydrogen-bond donors (Lipinski definition) is 2. The van der Waals surface area contributed by atoms with Gasteiger partial charge in [-0.15, -0.1) is 0 Å². The SMILES string of the molecule is COC[C@@H]1[C@H](NC(=O)NCCc2ccccc2)[C@@H]2CCO[C@H]12. The fourth-order valence-corrected chi connectivity index (χ4v) is 3.60. The van der Waals surface area contributed by atoms with Gasteiger partial charge in [-0.2, -0.15) is 0 Å². The minimum Gasteiger partial charge on any atom is -0.384 e. The van der Waals surface area contributed by atoms with Crippen molar-refractivity contribution in [3.8, 4) is 0 Å². The van der Waals surface area contributed by atoms with Gasteiger partial charge in [0.15, 0.2) is 0 Å². The second-order valence-corrected chi connectivity index (χ2v) is 6.07. The lowest BCUT2D eigenvalue weighted by Gasteiger charge is -2.47. The first kappa shape index (κ1) is 15.3. The molecule has 5 nitrogen and oxygen atoms in total. The van der Waals surface area contributed by atoms with E-state index in [2.05, 4.69) is 22.8 Å². The number of nitrogens with one attached hydrogen (secondary N) is 2. The van der Waals surface area contributed by atoms with Crippen LogP contribution in [-0.4, -0.2) is 45.0 Å². The number of urea groups is 1. The monoisotopic (exact) mass is 304 g/mol. The molecule has 22 heavy (non-hydrogen) atoms. The molecule has 3 rings (SSSR count). The molecule has 0 aromatic heterocycles. The molecule has 1 heterocycles. The van der Waals surface area contributed by atoms with Crippen molar-refractivity contribution in [2.24, 2.45) is 11.8 Å². The normalized spacial score (nSPS) is 29.5. The molecule has 2 aliphatic rings. The molecule has 2 fully saturated rings. The van der Waals surface area contributed by atoms with Gasteiger partial charge in [0.1, 0.15) is 0 Å². The van der Waals surface area contributed by atoms with Crippen LogP contribution < -0.4 is 10.6 Å². The fraction of sp³-hybridized carbons (Fsp3) is 0.588. The molecule has 0 spiro atoms. The molecule has 0 unspecified atom stereocenters. The molecule has 2 amide bonds. The highest BCUT2D eigenvalue weighted by atomic mass is 16.5. The maximum absolute atomic E-state index is 12.1. The van der Waals surface area contributed by atoms with Crippen LogP contribution in [0.2, 0.25) is 0 Å². The Morgan fingerprint density at radius 2 is 2.18 bits per heavy atom. The third-order valence-corrected chi connectivity index (χ3v) is 4.73. The van der Waals surface area contributed by atoms with Gasteiger partial charge in [-0.3, -0.25) is 0 Å². The summed E-state index contributed by atoms with van der Waals surface area (Å²) in [6, 6.07) is 10.2. The van der Waals surface area contributed by atoms with Gasteiger partial charge < -0.3 is 20.1 Å². The smallest absolute Gasteiger partial charge is 0.315 e. The molecule has 2 N–H and O–H groups in total. The summed E-state index contributed by atoms with van der Waals surface area (Å²) in [4.78, 5) is 12.1. The van der Waals surface area contributed by atoms with E-state index < -0.39 is 0 Å². The van der Waals surface area contributed by atoms with Gasteiger partial charge in [0.2, 0.25) is 0 Å². The van der Waals surface area contributed by atoms with Crippen molar-refractivity contribution in [1.82, 2.24) is 10.6 Å². The molecule has 1 aromatic rings. The lowest BCUT2D eigenvalue weighted by molar-refractivity contribution is -0.0801. The van der Waals surface area contributed by atoms with Gasteiger partial charge in [0.05, 0.1) is 12.7 Å². The fourth-order valence-electron chi connectivity index (χ4n) is 3.60. The quantitative estimate of drug-likeness (QED) is 0.839. The molecule has 1 aliphatic carbocycles. The number of benzene rings is 1. The predicted octanol–water partition coefficient (Wildman–Crippen LogP) is 1.58. The molecule has 0 radical (unpaired) electrons. The number of amides is 2. The number of fused-ring (bicyclic) bond motifs is 1. The van der Waals surface area contributed by atoms with Crippen molar-refractivity contribution in [2.75, 3.05) is 26.9 Å². The zero-order valence-corrected chi connectivity index (χ0v) is 13.0. The lowest BCUT2D eigenvalue weighted by atomic mass is 9.67. The van der Waals surface area contributed by atoms with E-state index in [1.54, 1.807) is 7.11 Å². The molecule has 1 aliphatic heterocycles. The zero-order valence-electron chi connectivity index (χ0n) is 13.0. The highest BCUT2D eigenvalue weighted by molar-refractivity contribution is 5.74. The Balaban J connectivity index is 1.43. The van der Waals surface area contributed by atoms with Crippen molar-refractivity contribution in [2.45, 2.75) is 25.0 Å². The van der Waals surface area contributed by atoms with Gasteiger partial charge in [-0.1, -0.05) is 30.3 Å². The molecule has 5 heteroatoms. The van der Waals surface area contributed by atoms with E-state index in [4.69, 9.17) is 9.47 Å². The van der Waals surface area contributed by atoms with E-state index in [0.717, 1.165) is 19.4 Å². The summed E-state index contributed by atoms with van der Waals surface area (Å²) in [5.74, 6) is 0.720. The second kappa shape index (κ2) is 7.11. The molecule has 0 bridgehead atoms. The summed E-state index contributed by atoms with van der Waals surface area (Å²) < 4.78 is 11.0. The van der Waals surface area contributed by atoms with E-state index in [9.17, 15) is 4.79 Å². The largest absolute Gasteiger partial charge is 0.384 e. The highest BCUT2D eigenvalue weighted by Crippen LogP contribution is 2.43. The third kappa shape index (κ3) is 3.25. The van der Waals surface area contributed by atoms with Crippen LogP contribution in [0.25, 0.3) is 0 Å². The number of carbonyl (C=O) groups excluding carboxylic acids is 1. The average molecular weight is 304 g/mol. The molecule has 1 aromatic carbocycles. The number of hydrogen-bond acceptors (Lipinski definition) is 3. The lowest BCUT2D eigenvalue weighted by Crippen LogP contribution is -2.64. The molecule has 120 valence electrons. The number of ether oxygens (including phenoxy) is 2. The van der Waals surface area contributed by atoms with Crippen LogP contribution in [0.4, 0.5) is 4.79 Å². The number of methoxy groups -OCH3 is 1. The molecule has 1 saturated heterocycles. The summed E-state index contributed by atoms with van der Waals surface area (Å²) in [5.41, 5.74) is 1.23. The Morgan fingerprint density at radius 3 is 2.95 bits per heavy atom. The molecular weight excluding hydrogens is 280 g/mol. The van der Waals surface area contributed by atoms with Gasteiger partial charge in [-0.25, -0.2) is 4.79 Å². The Bertz CT molecular complexity index is 494.